The lowest BCUT2D eigenvalue weighted by Gasteiger charge is -2.20. The Balaban J connectivity index is 2.84. The van der Waals surface area contributed by atoms with Gasteiger partial charge in [0.2, 0.25) is 0 Å². The summed E-state index contributed by atoms with van der Waals surface area (Å²) in [5.74, 6) is 0. The highest BCUT2D eigenvalue weighted by Crippen LogP contribution is 2.16. The van der Waals surface area contributed by atoms with Crippen molar-refractivity contribution in [1.29, 1.82) is 0 Å². The van der Waals surface area contributed by atoms with Crippen molar-refractivity contribution in [2.24, 2.45) is 0 Å². The minimum Gasteiger partial charge on any atom is -0.444 e. The third-order valence-electron chi connectivity index (χ3n) is 1.89. The molecule has 4 nitrogen and oxygen atoms in total. The smallest absolute Gasteiger partial charge is 0.412 e. The van der Waals surface area contributed by atoms with E-state index in [-0.39, 0.29) is 0 Å². The van der Waals surface area contributed by atoms with E-state index >= 15 is 0 Å². The molecule has 1 rings (SSSR count). The quantitative estimate of drug-likeness (QED) is 0.811. The van der Waals surface area contributed by atoms with Gasteiger partial charge >= 0.3 is 6.09 Å². The molecule has 0 aromatic carbocycles. The lowest BCUT2D eigenvalue weighted by Crippen LogP contribution is -2.27. The molecule has 0 aliphatic rings. The Morgan fingerprint density at radius 2 is 2.22 bits per heavy atom. The third-order valence-corrected chi connectivity index (χ3v) is 1.89. The second kappa shape index (κ2) is 6.03. The van der Waals surface area contributed by atoms with Crippen molar-refractivity contribution in [3.05, 3.63) is 35.8 Å². The van der Waals surface area contributed by atoms with Gasteiger partial charge in [-0.2, -0.15) is 0 Å². The Bertz CT molecular complexity index is 481. The van der Waals surface area contributed by atoms with Gasteiger partial charge in [-0.05, 0) is 45.9 Å². The minimum atomic E-state index is -0.517. The molecule has 0 saturated heterocycles. The number of amides is 1. The summed E-state index contributed by atoms with van der Waals surface area (Å²) >= 11 is 0. The molecule has 0 radical (unpaired) electrons. The molecule has 1 aromatic rings. The first kappa shape index (κ1) is 14.0. The van der Waals surface area contributed by atoms with Crippen LogP contribution in [0.3, 0.4) is 0 Å². The van der Waals surface area contributed by atoms with Crippen LogP contribution < -0.4 is 5.32 Å². The van der Waals surface area contributed by atoms with Gasteiger partial charge < -0.3 is 4.74 Å². The van der Waals surface area contributed by atoms with E-state index in [1.165, 1.54) is 0 Å². The van der Waals surface area contributed by atoms with E-state index in [1.807, 2.05) is 27.7 Å². The summed E-state index contributed by atoms with van der Waals surface area (Å²) in [6.07, 6.45) is 6.32. The van der Waals surface area contributed by atoms with Gasteiger partial charge in [0.1, 0.15) is 5.60 Å². The summed E-state index contributed by atoms with van der Waals surface area (Å²) in [6, 6.07) is 1.72. The number of carbonyl (C=O) groups is 1. The predicted octanol–water partition coefficient (Wildman–Crippen LogP) is 3.62. The van der Waals surface area contributed by atoms with Crippen molar-refractivity contribution in [3.8, 4) is 0 Å². The van der Waals surface area contributed by atoms with Crippen LogP contribution in [0.15, 0.2) is 30.3 Å². The van der Waals surface area contributed by atoms with Crippen molar-refractivity contribution in [2.75, 3.05) is 5.32 Å². The van der Waals surface area contributed by atoms with Crippen LogP contribution in [0.2, 0.25) is 0 Å². The fourth-order valence-corrected chi connectivity index (χ4v) is 1.22. The van der Waals surface area contributed by atoms with Crippen LogP contribution in [0.5, 0.6) is 0 Å². The maximum absolute atomic E-state index is 11.7. The molecule has 0 saturated carbocycles. The first-order valence-corrected chi connectivity index (χ1v) is 5.73. The van der Waals surface area contributed by atoms with Crippen molar-refractivity contribution < 1.29 is 9.53 Å². The van der Waals surface area contributed by atoms with E-state index in [0.29, 0.717) is 5.69 Å². The number of nitrogens with zero attached hydrogens (tertiary/aromatic N) is 1. The molecule has 1 aromatic heterocycles. The number of ether oxygens (including phenoxy) is 1. The lowest BCUT2D eigenvalue weighted by molar-refractivity contribution is 0.0636. The van der Waals surface area contributed by atoms with E-state index < -0.39 is 11.7 Å². The van der Waals surface area contributed by atoms with Crippen molar-refractivity contribution in [3.63, 3.8) is 0 Å². The monoisotopic (exact) mass is 246 g/mol. The second-order valence-electron chi connectivity index (χ2n) is 4.69. The number of allylic oxidation sites excluding steroid dienone is 1. The van der Waals surface area contributed by atoms with Crippen LogP contribution in [0.1, 0.15) is 33.3 Å². The van der Waals surface area contributed by atoms with Gasteiger partial charge in [-0.15, -0.1) is 5.73 Å². The van der Waals surface area contributed by atoms with Gasteiger partial charge in [-0.1, -0.05) is 0 Å². The summed E-state index contributed by atoms with van der Waals surface area (Å²) < 4.78 is 5.19. The number of nitrogens with one attached hydrogen (secondary N) is 1. The SMILES string of the molecule is CC=C=Cc1cnccc1NC(=O)OC(C)(C)C. The Labute approximate surface area is 107 Å². The maximum Gasteiger partial charge on any atom is 0.412 e. The Morgan fingerprint density at radius 1 is 1.50 bits per heavy atom. The van der Waals surface area contributed by atoms with Crippen LogP contribution >= 0.6 is 0 Å². The molecule has 0 atom stereocenters. The van der Waals surface area contributed by atoms with Gasteiger partial charge in [0.15, 0.2) is 0 Å². The first-order chi connectivity index (χ1) is 8.42. The number of hydrogen-bond acceptors (Lipinski definition) is 3. The Kier molecular flexibility index (Phi) is 4.69. The van der Waals surface area contributed by atoms with Gasteiger partial charge in [0, 0.05) is 18.0 Å². The van der Waals surface area contributed by atoms with Gasteiger partial charge in [0.25, 0.3) is 0 Å². The van der Waals surface area contributed by atoms with Gasteiger partial charge in [-0.25, -0.2) is 4.79 Å². The van der Waals surface area contributed by atoms with Crippen molar-refractivity contribution >= 4 is 17.9 Å². The second-order valence-corrected chi connectivity index (χ2v) is 4.69. The molecule has 18 heavy (non-hydrogen) atoms. The molecule has 1 amide bonds. The fourth-order valence-electron chi connectivity index (χ4n) is 1.22. The highest BCUT2D eigenvalue weighted by atomic mass is 16.6. The highest BCUT2D eigenvalue weighted by Gasteiger charge is 2.16. The zero-order valence-corrected chi connectivity index (χ0v) is 11.2. The van der Waals surface area contributed by atoms with Crippen molar-refractivity contribution in [2.45, 2.75) is 33.3 Å². The molecule has 0 spiro atoms. The van der Waals surface area contributed by atoms with E-state index in [9.17, 15) is 4.79 Å². The Morgan fingerprint density at radius 3 is 2.83 bits per heavy atom. The highest BCUT2D eigenvalue weighted by molar-refractivity contribution is 5.87. The first-order valence-electron chi connectivity index (χ1n) is 5.73. The van der Waals surface area contributed by atoms with E-state index in [0.717, 1.165) is 5.56 Å². The average Bonchev–Trinajstić information content (AvgIpc) is 2.25. The van der Waals surface area contributed by atoms with Crippen LogP contribution in [0, 0.1) is 0 Å². The number of carbonyl (C=O) groups excluding carboxylic acids is 1. The van der Waals surface area contributed by atoms with Gasteiger partial charge in [-0.3, -0.25) is 10.3 Å². The van der Waals surface area contributed by atoms with Crippen LogP contribution in [0.25, 0.3) is 6.08 Å². The molecule has 0 unspecified atom stereocenters. The van der Waals surface area contributed by atoms with Crippen LogP contribution in [-0.2, 0) is 4.74 Å². The topological polar surface area (TPSA) is 51.2 Å². The molecule has 4 heteroatoms. The number of anilines is 1. The van der Waals surface area contributed by atoms with Crippen LogP contribution in [-0.4, -0.2) is 16.7 Å². The predicted molar refractivity (Wildman–Crippen MR) is 72.3 cm³/mol. The van der Waals surface area contributed by atoms with E-state index in [1.54, 1.807) is 30.6 Å². The molecular weight excluding hydrogens is 228 g/mol. The number of rotatable bonds is 2. The molecule has 0 aliphatic heterocycles. The third kappa shape index (κ3) is 4.85. The maximum atomic E-state index is 11.7. The average molecular weight is 246 g/mol. The Hall–Kier alpha value is -2.06. The largest absolute Gasteiger partial charge is 0.444 e. The number of pyridine rings is 1. The normalized spacial score (nSPS) is 10.2. The number of aromatic nitrogens is 1. The molecule has 96 valence electrons. The zero-order chi connectivity index (χ0) is 13.6. The molecule has 0 aliphatic carbocycles. The summed E-state index contributed by atoms with van der Waals surface area (Å²) in [7, 11) is 0. The molecular formula is C14H18N2O2. The molecule has 0 fully saturated rings. The summed E-state index contributed by atoms with van der Waals surface area (Å²) in [5, 5.41) is 2.69. The fraction of sp³-hybridized carbons (Fsp3) is 0.357. The standard InChI is InChI=1S/C14H18N2O2/c1-5-6-7-11-10-15-9-8-12(11)16-13(17)18-14(2,3)4/h5,7-10H,1-4H3,(H,15,16,17). The molecule has 1 N–H and O–H groups in total. The molecule has 1 heterocycles. The lowest BCUT2D eigenvalue weighted by atomic mass is 10.2. The zero-order valence-electron chi connectivity index (χ0n) is 11.2. The molecule has 0 bridgehead atoms. The van der Waals surface area contributed by atoms with Gasteiger partial charge in [0.05, 0.1) is 5.69 Å². The van der Waals surface area contributed by atoms with Crippen LogP contribution in [0.4, 0.5) is 10.5 Å². The van der Waals surface area contributed by atoms with E-state index in [2.05, 4.69) is 16.0 Å². The minimum absolute atomic E-state index is 0.483. The summed E-state index contributed by atoms with van der Waals surface area (Å²) in [5.41, 5.74) is 3.85. The number of hydrogen-bond donors (Lipinski definition) is 1. The van der Waals surface area contributed by atoms with E-state index in [4.69, 9.17) is 4.74 Å². The summed E-state index contributed by atoms with van der Waals surface area (Å²) in [6.45, 7) is 7.33. The summed E-state index contributed by atoms with van der Waals surface area (Å²) in [4.78, 5) is 15.7. The van der Waals surface area contributed by atoms with Crippen molar-refractivity contribution in [1.82, 2.24) is 4.98 Å².